The molecule has 0 bridgehead atoms. The molecule has 1 aromatic heterocycles. The molecule has 1 aromatic carbocycles. The van der Waals surface area contributed by atoms with E-state index >= 15 is 0 Å². The normalized spacial score (nSPS) is 12.3. The Kier molecular flexibility index (Phi) is 4.75. The number of hydrogen-bond donors (Lipinski definition) is 2. The fourth-order valence-electron chi connectivity index (χ4n) is 2.16. The van der Waals surface area contributed by atoms with Gasteiger partial charge < -0.3 is 14.8 Å². The van der Waals surface area contributed by atoms with Crippen molar-refractivity contribution in [3.63, 3.8) is 0 Å². The number of hydrogen-bond acceptors (Lipinski definition) is 3. The first-order valence-corrected chi connectivity index (χ1v) is 6.76. The van der Waals surface area contributed by atoms with Crippen LogP contribution in [0.1, 0.15) is 34.4 Å². The second kappa shape index (κ2) is 6.54. The Balaban J connectivity index is 1.89. The molecule has 5 heteroatoms. The molecule has 2 aromatic rings. The molecule has 112 valence electrons. The highest BCUT2D eigenvalue weighted by Gasteiger charge is 2.14. The van der Waals surface area contributed by atoms with Crippen molar-refractivity contribution in [3.8, 4) is 0 Å². The molecule has 21 heavy (non-hydrogen) atoms. The number of halogens is 1. The number of aryl methyl sites for hydroxylation is 1. The van der Waals surface area contributed by atoms with Gasteiger partial charge in [0.05, 0.1) is 6.54 Å². The third kappa shape index (κ3) is 4.16. The van der Waals surface area contributed by atoms with Crippen LogP contribution in [0.3, 0.4) is 0 Å². The molecule has 1 atom stereocenters. The molecular formula is C16H18FNO3. The smallest absolute Gasteiger partial charge is 0.339 e. The van der Waals surface area contributed by atoms with Crippen LogP contribution in [-0.4, -0.2) is 17.1 Å². The van der Waals surface area contributed by atoms with Crippen LogP contribution in [0.5, 0.6) is 0 Å². The summed E-state index contributed by atoms with van der Waals surface area (Å²) in [6.07, 6.45) is 0.756. The minimum Gasteiger partial charge on any atom is -0.478 e. The highest BCUT2D eigenvalue weighted by Crippen LogP contribution is 2.15. The van der Waals surface area contributed by atoms with E-state index < -0.39 is 5.97 Å². The van der Waals surface area contributed by atoms with Gasteiger partial charge in [-0.2, -0.15) is 0 Å². The van der Waals surface area contributed by atoms with Crippen LogP contribution in [0.25, 0.3) is 0 Å². The SMILES string of the molecule is Cc1oc(CNC(C)Cc2ccc(F)cc2)cc1C(=O)O. The molecule has 0 aliphatic carbocycles. The third-order valence-corrected chi connectivity index (χ3v) is 3.28. The Morgan fingerprint density at radius 2 is 2.05 bits per heavy atom. The maximum absolute atomic E-state index is 12.8. The number of benzene rings is 1. The zero-order chi connectivity index (χ0) is 15.4. The lowest BCUT2D eigenvalue weighted by molar-refractivity contribution is 0.0695. The van der Waals surface area contributed by atoms with Gasteiger partial charge in [0.25, 0.3) is 0 Å². The Morgan fingerprint density at radius 1 is 1.38 bits per heavy atom. The first-order chi connectivity index (χ1) is 9.95. The number of furan rings is 1. The monoisotopic (exact) mass is 291 g/mol. The van der Waals surface area contributed by atoms with E-state index in [9.17, 15) is 9.18 Å². The van der Waals surface area contributed by atoms with Crippen molar-refractivity contribution in [2.75, 3.05) is 0 Å². The van der Waals surface area contributed by atoms with E-state index in [4.69, 9.17) is 9.52 Å². The van der Waals surface area contributed by atoms with Crippen LogP contribution in [0.2, 0.25) is 0 Å². The molecule has 0 spiro atoms. The van der Waals surface area contributed by atoms with Crippen LogP contribution in [0.15, 0.2) is 34.7 Å². The first kappa shape index (κ1) is 15.3. The summed E-state index contributed by atoms with van der Waals surface area (Å²) in [7, 11) is 0. The fraction of sp³-hybridized carbons (Fsp3) is 0.312. The number of carbonyl (C=O) groups is 1. The van der Waals surface area contributed by atoms with E-state index in [1.165, 1.54) is 18.2 Å². The van der Waals surface area contributed by atoms with E-state index in [0.29, 0.717) is 18.1 Å². The van der Waals surface area contributed by atoms with Crippen molar-refractivity contribution in [2.24, 2.45) is 0 Å². The van der Waals surface area contributed by atoms with Crippen molar-refractivity contribution < 1.29 is 18.7 Å². The van der Waals surface area contributed by atoms with Gasteiger partial charge in [-0.05, 0) is 44.0 Å². The van der Waals surface area contributed by atoms with Gasteiger partial charge in [-0.3, -0.25) is 0 Å². The predicted octanol–water partition coefficient (Wildman–Crippen LogP) is 3.15. The number of carboxylic acids is 1. The molecule has 0 aliphatic rings. The van der Waals surface area contributed by atoms with Crippen LogP contribution in [-0.2, 0) is 13.0 Å². The molecule has 1 heterocycles. The summed E-state index contributed by atoms with van der Waals surface area (Å²) < 4.78 is 18.2. The Morgan fingerprint density at radius 3 is 2.62 bits per heavy atom. The number of carboxylic acid groups (broad SMARTS) is 1. The largest absolute Gasteiger partial charge is 0.478 e. The first-order valence-electron chi connectivity index (χ1n) is 6.76. The molecule has 1 unspecified atom stereocenters. The summed E-state index contributed by atoms with van der Waals surface area (Å²) in [5.74, 6) is -0.227. The highest BCUT2D eigenvalue weighted by molar-refractivity contribution is 5.88. The highest BCUT2D eigenvalue weighted by atomic mass is 19.1. The van der Waals surface area contributed by atoms with Gasteiger partial charge in [0.1, 0.15) is 22.9 Å². The summed E-state index contributed by atoms with van der Waals surface area (Å²) in [6, 6.07) is 8.10. The lowest BCUT2D eigenvalue weighted by Crippen LogP contribution is -2.27. The molecule has 2 rings (SSSR count). The van der Waals surface area contributed by atoms with Gasteiger partial charge in [-0.15, -0.1) is 0 Å². The van der Waals surface area contributed by atoms with Crippen molar-refractivity contribution in [1.29, 1.82) is 0 Å². The predicted molar refractivity (Wildman–Crippen MR) is 76.8 cm³/mol. The van der Waals surface area contributed by atoms with Crippen molar-refractivity contribution >= 4 is 5.97 Å². The van der Waals surface area contributed by atoms with Gasteiger partial charge in [-0.25, -0.2) is 9.18 Å². The number of nitrogens with one attached hydrogen (secondary N) is 1. The average Bonchev–Trinajstić information content (AvgIpc) is 2.81. The van der Waals surface area contributed by atoms with Gasteiger partial charge in [-0.1, -0.05) is 12.1 Å². The summed E-state index contributed by atoms with van der Waals surface area (Å²) >= 11 is 0. The minimum absolute atomic E-state index is 0.161. The Hall–Kier alpha value is -2.14. The van der Waals surface area contributed by atoms with Crippen LogP contribution in [0, 0.1) is 12.7 Å². The molecule has 0 fully saturated rings. The van der Waals surface area contributed by atoms with Gasteiger partial charge in [0, 0.05) is 6.04 Å². The molecule has 2 N–H and O–H groups in total. The molecule has 0 saturated carbocycles. The molecular weight excluding hydrogens is 273 g/mol. The Labute approximate surface area is 122 Å². The number of rotatable bonds is 6. The van der Waals surface area contributed by atoms with E-state index in [1.54, 1.807) is 19.1 Å². The van der Waals surface area contributed by atoms with Crippen LogP contribution in [0.4, 0.5) is 4.39 Å². The quantitative estimate of drug-likeness (QED) is 0.858. The minimum atomic E-state index is -0.984. The Bertz CT molecular complexity index is 619. The molecule has 0 saturated heterocycles. The lowest BCUT2D eigenvalue weighted by Gasteiger charge is -2.12. The standard InChI is InChI=1S/C16H18FNO3/c1-10(7-12-3-5-13(17)6-4-12)18-9-14-8-15(16(19)20)11(2)21-14/h3-6,8,10,18H,7,9H2,1-2H3,(H,19,20). The molecule has 0 radical (unpaired) electrons. The van der Waals surface area contributed by atoms with E-state index in [-0.39, 0.29) is 17.4 Å². The summed E-state index contributed by atoms with van der Waals surface area (Å²) in [4.78, 5) is 10.9. The lowest BCUT2D eigenvalue weighted by atomic mass is 10.1. The third-order valence-electron chi connectivity index (χ3n) is 3.28. The van der Waals surface area contributed by atoms with E-state index in [2.05, 4.69) is 5.32 Å². The van der Waals surface area contributed by atoms with Crippen LogP contribution >= 0.6 is 0 Å². The second-order valence-corrected chi connectivity index (χ2v) is 5.10. The van der Waals surface area contributed by atoms with Crippen molar-refractivity contribution in [3.05, 3.63) is 58.8 Å². The summed E-state index contributed by atoms with van der Waals surface area (Å²) in [5.41, 5.74) is 1.23. The zero-order valence-electron chi connectivity index (χ0n) is 12.0. The van der Waals surface area contributed by atoms with Gasteiger partial charge >= 0.3 is 5.97 Å². The van der Waals surface area contributed by atoms with E-state index in [1.807, 2.05) is 6.92 Å². The second-order valence-electron chi connectivity index (χ2n) is 5.10. The van der Waals surface area contributed by atoms with E-state index in [0.717, 1.165) is 12.0 Å². The fourth-order valence-corrected chi connectivity index (χ4v) is 2.16. The zero-order valence-corrected chi connectivity index (χ0v) is 12.0. The van der Waals surface area contributed by atoms with Crippen molar-refractivity contribution in [1.82, 2.24) is 5.32 Å². The van der Waals surface area contributed by atoms with Gasteiger partial charge in [0.2, 0.25) is 0 Å². The topological polar surface area (TPSA) is 62.5 Å². The number of aromatic carboxylic acids is 1. The molecule has 4 nitrogen and oxygen atoms in total. The molecule has 0 aliphatic heterocycles. The summed E-state index contributed by atoms with van der Waals surface area (Å²) in [6.45, 7) is 4.10. The van der Waals surface area contributed by atoms with Crippen molar-refractivity contribution in [2.45, 2.75) is 32.9 Å². The van der Waals surface area contributed by atoms with Gasteiger partial charge in [0.15, 0.2) is 0 Å². The summed E-state index contributed by atoms with van der Waals surface area (Å²) in [5, 5.41) is 12.2. The molecule has 0 amide bonds. The average molecular weight is 291 g/mol. The maximum atomic E-state index is 12.8. The maximum Gasteiger partial charge on any atom is 0.339 e. The van der Waals surface area contributed by atoms with Crippen LogP contribution < -0.4 is 5.32 Å².